The lowest BCUT2D eigenvalue weighted by Crippen LogP contribution is -2.22. The van der Waals surface area contributed by atoms with Gasteiger partial charge in [0, 0.05) is 11.4 Å². The maximum atomic E-state index is 12.2. The Labute approximate surface area is 139 Å². The highest BCUT2D eigenvalue weighted by Crippen LogP contribution is 2.21. The number of hydrogen-bond donors (Lipinski definition) is 2. The van der Waals surface area contributed by atoms with Crippen molar-refractivity contribution in [2.45, 2.75) is 40.0 Å². The van der Waals surface area contributed by atoms with Gasteiger partial charge in [0.15, 0.2) is 0 Å². The Morgan fingerprint density at radius 2 is 1.78 bits per heavy atom. The number of nitrogens with one attached hydrogen (secondary N) is 2. The van der Waals surface area contributed by atoms with Crippen LogP contribution in [0.1, 0.15) is 43.4 Å². The van der Waals surface area contributed by atoms with Gasteiger partial charge in [-0.15, -0.1) is 0 Å². The lowest BCUT2D eigenvalue weighted by atomic mass is 10.0. The zero-order valence-electron chi connectivity index (χ0n) is 14.4. The van der Waals surface area contributed by atoms with E-state index in [1.807, 2.05) is 31.2 Å². The van der Waals surface area contributed by atoms with Crippen LogP contribution in [0, 0.1) is 6.92 Å². The molecule has 0 spiro atoms. The van der Waals surface area contributed by atoms with E-state index in [0.29, 0.717) is 5.92 Å². The highest BCUT2D eigenvalue weighted by atomic mass is 16.1. The van der Waals surface area contributed by atoms with Gasteiger partial charge in [-0.05, 0) is 48.1 Å². The van der Waals surface area contributed by atoms with E-state index in [9.17, 15) is 4.79 Å². The van der Waals surface area contributed by atoms with Gasteiger partial charge >= 0.3 is 0 Å². The fourth-order valence-electron chi connectivity index (χ4n) is 2.55. The van der Waals surface area contributed by atoms with Gasteiger partial charge < -0.3 is 10.6 Å². The molecular formula is C20H26N2O. The van der Waals surface area contributed by atoms with Gasteiger partial charge in [-0.1, -0.05) is 51.1 Å². The van der Waals surface area contributed by atoms with E-state index >= 15 is 0 Å². The normalized spacial score (nSPS) is 10.7. The van der Waals surface area contributed by atoms with Gasteiger partial charge in [0.2, 0.25) is 5.91 Å². The molecule has 0 radical (unpaired) electrons. The van der Waals surface area contributed by atoms with Crippen LogP contribution in [0.2, 0.25) is 0 Å². The second-order valence-electron chi connectivity index (χ2n) is 6.14. The molecule has 0 saturated heterocycles. The van der Waals surface area contributed by atoms with Crippen molar-refractivity contribution in [2.24, 2.45) is 0 Å². The van der Waals surface area contributed by atoms with Crippen molar-refractivity contribution in [1.29, 1.82) is 0 Å². The molecule has 3 nitrogen and oxygen atoms in total. The summed E-state index contributed by atoms with van der Waals surface area (Å²) in [5.41, 5.74) is 5.47. The SMILES string of the molecule is CCc1cccc(C)c1NC(=O)CNc1ccc(C(C)C)cc1. The van der Waals surface area contributed by atoms with E-state index in [1.165, 1.54) is 11.1 Å². The minimum Gasteiger partial charge on any atom is -0.376 e. The van der Waals surface area contributed by atoms with E-state index in [4.69, 9.17) is 0 Å². The van der Waals surface area contributed by atoms with Gasteiger partial charge in [0.05, 0.1) is 6.54 Å². The van der Waals surface area contributed by atoms with Crippen LogP contribution >= 0.6 is 0 Å². The summed E-state index contributed by atoms with van der Waals surface area (Å²) >= 11 is 0. The van der Waals surface area contributed by atoms with Gasteiger partial charge in [0.25, 0.3) is 0 Å². The fourth-order valence-corrected chi connectivity index (χ4v) is 2.55. The highest BCUT2D eigenvalue weighted by Gasteiger charge is 2.08. The van der Waals surface area contributed by atoms with Crippen LogP contribution in [-0.2, 0) is 11.2 Å². The molecule has 0 heterocycles. The summed E-state index contributed by atoms with van der Waals surface area (Å²) in [5.74, 6) is 0.489. The minimum atomic E-state index is -0.0260. The number of aryl methyl sites for hydroxylation is 2. The summed E-state index contributed by atoms with van der Waals surface area (Å²) < 4.78 is 0. The van der Waals surface area contributed by atoms with E-state index in [2.05, 4.69) is 49.6 Å². The van der Waals surface area contributed by atoms with Crippen molar-refractivity contribution >= 4 is 17.3 Å². The molecule has 3 heteroatoms. The van der Waals surface area contributed by atoms with Crippen LogP contribution in [-0.4, -0.2) is 12.5 Å². The third-order valence-electron chi connectivity index (χ3n) is 4.03. The average molecular weight is 310 g/mol. The number of para-hydroxylation sites is 1. The molecule has 2 rings (SSSR count). The molecule has 0 fully saturated rings. The zero-order chi connectivity index (χ0) is 16.8. The molecule has 2 aromatic carbocycles. The lowest BCUT2D eigenvalue weighted by molar-refractivity contribution is -0.114. The van der Waals surface area contributed by atoms with Gasteiger partial charge in [0.1, 0.15) is 0 Å². The average Bonchev–Trinajstić information content (AvgIpc) is 2.55. The van der Waals surface area contributed by atoms with Crippen LogP contribution < -0.4 is 10.6 Å². The predicted molar refractivity (Wildman–Crippen MR) is 98.2 cm³/mol. The first-order valence-corrected chi connectivity index (χ1v) is 8.23. The van der Waals surface area contributed by atoms with Crippen molar-refractivity contribution in [3.05, 3.63) is 59.2 Å². The Hall–Kier alpha value is -2.29. The molecule has 1 amide bonds. The summed E-state index contributed by atoms with van der Waals surface area (Å²) in [6.45, 7) is 8.72. The number of benzene rings is 2. The molecule has 122 valence electrons. The van der Waals surface area contributed by atoms with E-state index in [1.54, 1.807) is 0 Å². The first-order valence-electron chi connectivity index (χ1n) is 8.23. The number of hydrogen-bond acceptors (Lipinski definition) is 2. The van der Waals surface area contributed by atoms with Crippen LogP contribution in [0.5, 0.6) is 0 Å². The molecule has 0 aliphatic rings. The maximum Gasteiger partial charge on any atom is 0.243 e. The minimum absolute atomic E-state index is 0.0260. The summed E-state index contributed by atoms with van der Waals surface area (Å²) in [7, 11) is 0. The number of carbonyl (C=O) groups excluding carboxylic acids is 1. The summed E-state index contributed by atoms with van der Waals surface area (Å²) in [6.07, 6.45) is 0.904. The van der Waals surface area contributed by atoms with Crippen molar-refractivity contribution < 1.29 is 4.79 Å². The molecule has 2 aromatic rings. The molecular weight excluding hydrogens is 284 g/mol. The quantitative estimate of drug-likeness (QED) is 0.809. The van der Waals surface area contributed by atoms with Gasteiger partial charge in [-0.3, -0.25) is 4.79 Å². The van der Waals surface area contributed by atoms with Gasteiger partial charge in [-0.2, -0.15) is 0 Å². The molecule has 2 N–H and O–H groups in total. The van der Waals surface area contributed by atoms with Gasteiger partial charge in [-0.25, -0.2) is 0 Å². The summed E-state index contributed by atoms with van der Waals surface area (Å²) in [6, 6.07) is 14.3. The first-order chi connectivity index (χ1) is 11.0. The number of carbonyl (C=O) groups is 1. The van der Waals surface area contributed by atoms with Crippen LogP contribution in [0.4, 0.5) is 11.4 Å². The summed E-state index contributed by atoms with van der Waals surface area (Å²) in [4.78, 5) is 12.2. The number of rotatable bonds is 6. The first kappa shape index (κ1) is 17.1. The largest absolute Gasteiger partial charge is 0.376 e. The Balaban J connectivity index is 1.95. The monoisotopic (exact) mass is 310 g/mol. The maximum absolute atomic E-state index is 12.2. The second-order valence-corrected chi connectivity index (χ2v) is 6.14. The van der Waals surface area contributed by atoms with Crippen molar-refractivity contribution in [2.75, 3.05) is 17.2 Å². The molecule has 0 aliphatic heterocycles. The van der Waals surface area contributed by atoms with Crippen LogP contribution in [0.15, 0.2) is 42.5 Å². The Morgan fingerprint density at radius 1 is 1.09 bits per heavy atom. The van der Waals surface area contributed by atoms with Crippen LogP contribution in [0.25, 0.3) is 0 Å². The fraction of sp³-hybridized carbons (Fsp3) is 0.350. The standard InChI is InChI=1S/C20H26N2O/c1-5-16-8-6-7-15(4)20(16)22-19(23)13-21-18-11-9-17(10-12-18)14(2)3/h6-12,14,21H,5,13H2,1-4H3,(H,22,23). The molecule has 0 bridgehead atoms. The molecule has 0 aromatic heterocycles. The Bertz CT molecular complexity index is 660. The molecule has 0 atom stereocenters. The smallest absolute Gasteiger partial charge is 0.243 e. The number of anilines is 2. The van der Waals surface area contributed by atoms with Crippen molar-refractivity contribution in [3.63, 3.8) is 0 Å². The molecule has 0 aliphatic carbocycles. The van der Waals surface area contributed by atoms with E-state index < -0.39 is 0 Å². The van der Waals surface area contributed by atoms with E-state index in [-0.39, 0.29) is 12.5 Å². The molecule has 0 saturated carbocycles. The van der Waals surface area contributed by atoms with Crippen LogP contribution in [0.3, 0.4) is 0 Å². The Morgan fingerprint density at radius 3 is 2.39 bits per heavy atom. The number of amides is 1. The predicted octanol–water partition coefficient (Wildman–Crippen LogP) is 4.73. The third-order valence-corrected chi connectivity index (χ3v) is 4.03. The third kappa shape index (κ3) is 4.59. The molecule has 23 heavy (non-hydrogen) atoms. The Kier molecular flexibility index (Phi) is 5.80. The lowest BCUT2D eigenvalue weighted by Gasteiger charge is -2.14. The van der Waals surface area contributed by atoms with Crippen molar-refractivity contribution in [1.82, 2.24) is 0 Å². The zero-order valence-corrected chi connectivity index (χ0v) is 14.4. The summed E-state index contributed by atoms with van der Waals surface area (Å²) in [5, 5.41) is 6.20. The highest BCUT2D eigenvalue weighted by molar-refractivity contribution is 5.95. The topological polar surface area (TPSA) is 41.1 Å². The van der Waals surface area contributed by atoms with E-state index in [0.717, 1.165) is 23.4 Å². The second kappa shape index (κ2) is 7.82. The molecule has 0 unspecified atom stereocenters. The van der Waals surface area contributed by atoms with Crippen molar-refractivity contribution in [3.8, 4) is 0 Å².